The number of pyridine rings is 1. The van der Waals surface area contributed by atoms with Crippen molar-refractivity contribution < 1.29 is 9.47 Å². The smallest absolute Gasteiger partial charge is 0.368 e. The second kappa shape index (κ2) is 6.95. The number of aromatic nitrogens is 5. The summed E-state index contributed by atoms with van der Waals surface area (Å²) < 4.78 is 13.8. The number of nitrogens with zero attached hydrogens (tertiary/aromatic N) is 5. The van der Waals surface area contributed by atoms with Crippen molar-refractivity contribution >= 4 is 0 Å². The number of hydrogen-bond acceptors (Lipinski definition) is 6. The third-order valence-corrected chi connectivity index (χ3v) is 3.38. The van der Waals surface area contributed by atoms with Crippen molar-refractivity contribution in [3.63, 3.8) is 0 Å². The van der Waals surface area contributed by atoms with Gasteiger partial charge in [-0.25, -0.2) is 4.79 Å². The van der Waals surface area contributed by atoms with E-state index in [1.165, 1.54) is 9.36 Å². The Labute approximate surface area is 138 Å². The minimum atomic E-state index is -0.341. The number of tetrazole rings is 1. The van der Waals surface area contributed by atoms with Crippen LogP contribution in [-0.4, -0.2) is 31.4 Å². The van der Waals surface area contributed by atoms with Gasteiger partial charge in [0.1, 0.15) is 18.1 Å². The summed E-state index contributed by atoms with van der Waals surface area (Å²) in [5.41, 5.74) is 0.944. The van der Waals surface area contributed by atoms with Crippen molar-refractivity contribution in [1.82, 2.24) is 24.8 Å². The fourth-order valence-electron chi connectivity index (χ4n) is 2.24. The summed E-state index contributed by atoms with van der Waals surface area (Å²) in [6.07, 6.45) is 3.29. The Kier molecular flexibility index (Phi) is 4.55. The van der Waals surface area contributed by atoms with E-state index in [-0.39, 0.29) is 12.3 Å². The number of hydrogen-bond donors (Lipinski definition) is 0. The number of rotatable bonds is 6. The Balaban J connectivity index is 2.01. The lowest BCUT2D eigenvalue weighted by molar-refractivity contribution is 0.285. The van der Waals surface area contributed by atoms with Gasteiger partial charge in [0.05, 0.1) is 24.1 Å². The summed E-state index contributed by atoms with van der Waals surface area (Å²) in [4.78, 5) is 16.2. The van der Waals surface area contributed by atoms with Gasteiger partial charge in [-0.05, 0) is 41.6 Å². The molecule has 8 nitrogen and oxygen atoms in total. The maximum atomic E-state index is 12.2. The molecule has 1 aromatic carbocycles. The van der Waals surface area contributed by atoms with E-state index in [2.05, 4.69) is 15.4 Å². The van der Waals surface area contributed by atoms with Gasteiger partial charge in [-0.1, -0.05) is 6.07 Å². The molecule has 0 amide bonds. The van der Waals surface area contributed by atoms with Crippen LogP contribution in [0.2, 0.25) is 0 Å². The van der Waals surface area contributed by atoms with Gasteiger partial charge in [0.25, 0.3) is 0 Å². The van der Waals surface area contributed by atoms with Crippen LogP contribution in [0.3, 0.4) is 0 Å². The average Bonchev–Trinajstić information content (AvgIpc) is 2.94. The van der Waals surface area contributed by atoms with E-state index < -0.39 is 0 Å². The molecule has 0 radical (unpaired) electrons. The molecule has 0 saturated carbocycles. The SMILES string of the molecule is CCOc1cccc(-n2nnn(C)c2=O)c1COc1cccnc1. The van der Waals surface area contributed by atoms with Crippen molar-refractivity contribution in [2.75, 3.05) is 6.61 Å². The Bertz CT molecular complexity index is 873. The molecule has 0 aliphatic carbocycles. The first-order chi connectivity index (χ1) is 11.7. The average molecular weight is 327 g/mol. The van der Waals surface area contributed by atoms with Crippen LogP contribution < -0.4 is 15.2 Å². The molecule has 0 bridgehead atoms. The van der Waals surface area contributed by atoms with Crippen LogP contribution in [0, 0.1) is 0 Å². The molecule has 0 spiro atoms. The van der Waals surface area contributed by atoms with Crippen LogP contribution in [-0.2, 0) is 13.7 Å². The number of aryl methyl sites for hydroxylation is 1. The Hall–Kier alpha value is -3.16. The zero-order valence-electron chi connectivity index (χ0n) is 13.4. The Morgan fingerprint density at radius 1 is 1.12 bits per heavy atom. The van der Waals surface area contributed by atoms with E-state index in [4.69, 9.17) is 9.47 Å². The molecule has 0 saturated heterocycles. The van der Waals surface area contributed by atoms with Gasteiger partial charge in [0.15, 0.2) is 0 Å². The van der Waals surface area contributed by atoms with Crippen LogP contribution in [0.5, 0.6) is 11.5 Å². The van der Waals surface area contributed by atoms with Gasteiger partial charge in [-0.3, -0.25) is 4.98 Å². The van der Waals surface area contributed by atoms with Gasteiger partial charge in [-0.2, -0.15) is 9.36 Å². The fourth-order valence-corrected chi connectivity index (χ4v) is 2.24. The minimum absolute atomic E-state index is 0.209. The lowest BCUT2D eigenvalue weighted by Crippen LogP contribution is -2.23. The maximum absolute atomic E-state index is 12.2. The predicted octanol–water partition coefficient (Wildman–Crippen LogP) is 1.34. The second-order valence-electron chi connectivity index (χ2n) is 4.96. The highest BCUT2D eigenvalue weighted by Crippen LogP contribution is 2.26. The highest BCUT2D eigenvalue weighted by Gasteiger charge is 2.16. The lowest BCUT2D eigenvalue weighted by Gasteiger charge is -2.14. The predicted molar refractivity (Wildman–Crippen MR) is 86.3 cm³/mol. The molecular weight excluding hydrogens is 310 g/mol. The summed E-state index contributed by atoms with van der Waals surface area (Å²) in [6, 6.07) is 9.01. The molecule has 0 aliphatic heterocycles. The molecule has 0 aliphatic rings. The minimum Gasteiger partial charge on any atom is -0.493 e. The largest absolute Gasteiger partial charge is 0.493 e. The number of benzene rings is 1. The molecule has 0 fully saturated rings. The number of ether oxygens (including phenoxy) is 2. The van der Waals surface area contributed by atoms with Crippen molar-refractivity contribution in [1.29, 1.82) is 0 Å². The zero-order valence-corrected chi connectivity index (χ0v) is 13.4. The van der Waals surface area contributed by atoms with E-state index in [1.807, 2.05) is 19.1 Å². The van der Waals surface area contributed by atoms with Crippen LogP contribution >= 0.6 is 0 Å². The molecule has 124 valence electrons. The third-order valence-electron chi connectivity index (χ3n) is 3.38. The molecule has 0 N–H and O–H groups in total. The molecule has 3 rings (SSSR count). The molecular formula is C16H17N5O3. The summed E-state index contributed by atoms with van der Waals surface area (Å²) >= 11 is 0. The van der Waals surface area contributed by atoms with Gasteiger partial charge in [-0.15, -0.1) is 0 Å². The topological polar surface area (TPSA) is 84.1 Å². The van der Waals surface area contributed by atoms with E-state index in [1.54, 1.807) is 37.6 Å². The van der Waals surface area contributed by atoms with Crippen LogP contribution in [0.1, 0.15) is 12.5 Å². The van der Waals surface area contributed by atoms with E-state index in [0.717, 1.165) is 0 Å². The monoisotopic (exact) mass is 327 g/mol. The fraction of sp³-hybridized carbons (Fsp3) is 0.250. The van der Waals surface area contributed by atoms with Crippen LogP contribution in [0.4, 0.5) is 0 Å². The highest BCUT2D eigenvalue weighted by molar-refractivity contribution is 5.49. The first kappa shape index (κ1) is 15.7. The molecule has 3 aromatic rings. The maximum Gasteiger partial charge on any atom is 0.368 e. The van der Waals surface area contributed by atoms with Crippen LogP contribution in [0.25, 0.3) is 5.69 Å². The van der Waals surface area contributed by atoms with E-state index in [0.29, 0.717) is 29.4 Å². The molecule has 24 heavy (non-hydrogen) atoms. The molecule has 0 atom stereocenters. The van der Waals surface area contributed by atoms with Crippen molar-refractivity contribution in [2.45, 2.75) is 13.5 Å². The van der Waals surface area contributed by atoms with Gasteiger partial charge in [0.2, 0.25) is 0 Å². The molecule has 2 aromatic heterocycles. The van der Waals surface area contributed by atoms with Gasteiger partial charge in [0, 0.05) is 13.2 Å². The standard InChI is InChI=1S/C16H17N5O3/c1-3-23-15-8-4-7-14(21-16(22)20(2)18-19-21)13(15)11-24-12-6-5-9-17-10-12/h4-10H,3,11H2,1-2H3. The summed E-state index contributed by atoms with van der Waals surface area (Å²) in [7, 11) is 1.55. The van der Waals surface area contributed by atoms with Crippen LogP contribution in [0.15, 0.2) is 47.5 Å². The third kappa shape index (κ3) is 3.12. The second-order valence-corrected chi connectivity index (χ2v) is 4.96. The quantitative estimate of drug-likeness (QED) is 0.679. The molecule has 2 heterocycles. The summed E-state index contributed by atoms with van der Waals surface area (Å²) in [5, 5.41) is 7.65. The lowest BCUT2D eigenvalue weighted by atomic mass is 10.1. The van der Waals surface area contributed by atoms with Crippen molar-refractivity contribution in [3.05, 3.63) is 58.8 Å². The van der Waals surface area contributed by atoms with Gasteiger partial charge >= 0.3 is 5.69 Å². The first-order valence-electron chi connectivity index (χ1n) is 7.47. The highest BCUT2D eigenvalue weighted by atomic mass is 16.5. The molecule has 0 unspecified atom stereocenters. The molecule has 8 heteroatoms. The van der Waals surface area contributed by atoms with Crippen molar-refractivity contribution in [2.24, 2.45) is 7.05 Å². The summed E-state index contributed by atoms with van der Waals surface area (Å²) in [6.45, 7) is 2.60. The van der Waals surface area contributed by atoms with E-state index >= 15 is 0 Å². The normalized spacial score (nSPS) is 10.6. The zero-order chi connectivity index (χ0) is 16.9. The summed E-state index contributed by atoms with van der Waals surface area (Å²) in [5.74, 6) is 1.26. The van der Waals surface area contributed by atoms with Gasteiger partial charge < -0.3 is 9.47 Å². The first-order valence-corrected chi connectivity index (χ1v) is 7.47. The Morgan fingerprint density at radius 2 is 2.00 bits per heavy atom. The Morgan fingerprint density at radius 3 is 2.67 bits per heavy atom. The van der Waals surface area contributed by atoms with Crippen molar-refractivity contribution in [3.8, 4) is 17.2 Å². The van der Waals surface area contributed by atoms with E-state index in [9.17, 15) is 4.79 Å².